The Bertz CT molecular complexity index is 445. The highest BCUT2D eigenvalue weighted by Crippen LogP contribution is 2.17. The predicted octanol–water partition coefficient (Wildman–Crippen LogP) is 2.75. The number of hydrogen-bond donors (Lipinski definition) is 0. The largest absolute Gasteiger partial charge is 0.249 e. The zero-order chi connectivity index (χ0) is 10.7. The SMILES string of the molecule is C=C(Cn1cncn1)c1ccc(Br)cc1. The summed E-state index contributed by atoms with van der Waals surface area (Å²) in [5.41, 5.74) is 2.14. The van der Waals surface area contributed by atoms with Crippen molar-refractivity contribution in [2.45, 2.75) is 6.54 Å². The molecule has 0 saturated carbocycles. The molecule has 4 heteroatoms. The van der Waals surface area contributed by atoms with Crippen molar-refractivity contribution in [1.29, 1.82) is 0 Å². The van der Waals surface area contributed by atoms with Crippen molar-refractivity contribution in [2.75, 3.05) is 0 Å². The number of nitrogens with zero attached hydrogens (tertiary/aromatic N) is 3. The summed E-state index contributed by atoms with van der Waals surface area (Å²) in [6.45, 7) is 4.69. The molecular weight excluding hydrogens is 254 g/mol. The number of aromatic nitrogens is 3. The van der Waals surface area contributed by atoms with Gasteiger partial charge in [-0.2, -0.15) is 5.10 Å². The molecule has 0 unspecified atom stereocenters. The van der Waals surface area contributed by atoms with Crippen LogP contribution in [0, 0.1) is 0 Å². The number of halogens is 1. The Kier molecular flexibility index (Phi) is 2.97. The van der Waals surface area contributed by atoms with Gasteiger partial charge >= 0.3 is 0 Å². The van der Waals surface area contributed by atoms with Gasteiger partial charge in [0.15, 0.2) is 0 Å². The Labute approximate surface area is 96.6 Å². The van der Waals surface area contributed by atoms with Gasteiger partial charge in [0.05, 0.1) is 6.54 Å². The minimum atomic E-state index is 0.668. The van der Waals surface area contributed by atoms with Gasteiger partial charge in [-0.3, -0.25) is 0 Å². The molecule has 0 saturated heterocycles. The van der Waals surface area contributed by atoms with Crippen LogP contribution in [-0.4, -0.2) is 14.8 Å². The quantitative estimate of drug-likeness (QED) is 0.853. The van der Waals surface area contributed by atoms with Gasteiger partial charge in [0.2, 0.25) is 0 Å². The molecule has 2 rings (SSSR count). The van der Waals surface area contributed by atoms with Crippen molar-refractivity contribution < 1.29 is 0 Å². The van der Waals surface area contributed by atoms with Gasteiger partial charge < -0.3 is 0 Å². The first-order valence-corrected chi connectivity index (χ1v) is 5.31. The van der Waals surface area contributed by atoms with Crippen LogP contribution < -0.4 is 0 Å². The summed E-state index contributed by atoms with van der Waals surface area (Å²) in [6, 6.07) is 8.07. The number of hydrogen-bond acceptors (Lipinski definition) is 2. The van der Waals surface area contributed by atoms with Crippen molar-refractivity contribution in [1.82, 2.24) is 14.8 Å². The highest BCUT2D eigenvalue weighted by atomic mass is 79.9. The van der Waals surface area contributed by atoms with Gasteiger partial charge in [0, 0.05) is 4.47 Å². The van der Waals surface area contributed by atoms with Crippen LogP contribution in [0.15, 0.2) is 48.0 Å². The maximum Gasteiger partial charge on any atom is 0.137 e. The summed E-state index contributed by atoms with van der Waals surface area (Å²) in [4.78, 5) is 3.89. The van der Waals surface area contributed by atoms with Crippen LogP contribution >= 0.6 is 15.9 Å². The van der Waals surface area contributed by atoms with E-state index in [0.29, 0.717) is 6.54 Å². The van der Waals surface area contributed by atoms with E-state index >= 15 is 0 Å². The molecule has 0 fully saturated rings. The van der Waals surface area contributed by atoms with Crippen LogP contribution in [0.3, 0.4) is 0 Å². The average molecular weight is 264 g/mol. The van der Waals surface area contributed by atoms with E-state index in [9.17, 15) is 0 Å². The van der Waals surface area contributed by atoms with Crippen LogP contribution in [0.25, 0.3) is 5.57 Å². The lowest BCUT2D eigenvalue weighted by atomic mass is 10.1. The zero-order valence-corrected chi connectivity index (χ0v) is 9.68. The molecule has 0 N–H and O–H groups in total. The molecular formula is C11H10BrN3. The fourth-order valence-corrected chi connectivity index (χ4v) is 1.55. The van der Waals surface area contributed by atoms with Crippen molar-refractivity contribution in [3.63, 3.8) is 0 Å². The van der Waals surface area contributed by atoms with E-state index < -0.39 is 0 Å². The molecule has 2 aromatic rings. The summed E-state index contributed by atoms with van der Waals surface area (Å²) in [6.07, 6.45) is 3.21. The first-order valence-electron chi connectivity index (χ1n) is 4.52. The standard InChI is InChI=1S/C11H10BrN3/c1-9(6-15-8-13-7-14-15)10-2-4-11(12)5-3-10/h2-5,7-8H,1,6H2. The molecule has 1 aromatic carbocycles. The normalized spacial score (nSPS) is 10.2. The van der Waals surface area contributed by atoms with E-state index in [1.165, 1.54) is 6.33 Å². The second-order valence-corrected chi connectivity index (χ2v) is 4.12. The van der Waals surface area contributed by atoms with E-state index in [1.807, 2.05) is 24.3 Å². The first-order chi connectivity index (χ1) is 7.25. The molecule has 0 spiro atoms. The van der Waals surface area contributed by atoms with Crippen molar-refractivity contribution >= 4 is 21.5 Å². The summed E-state index contributed by atoms with van der Waals surface area (Å²) < 4.78 is 2.82. The van der Waals surface area contributed by atoms with Crippen LogP contribution in [0.4, 0.5) is 0 Å². The van der Waals surface area contributed by atoms with E-state index in [-0.39, 0.29) is 0 Å². The van der Waals surface area contributed by atoms with Crippen LogP contribution in [0.2, 0.25) is 0 Å². The molecule has 0 aliphatic carbocycles. The van der Waals surface area contributed by atoms with Crippen LogP contribution in [0.5, 0.6) is 0 Å². The lowest BCUT2D eigenvalue weighted by Crippen LogP contribution is -2.00. The lowest BCUT2D eigenvalue weighted by molar-refractivity contribution is 0.711. The Balaban J connectivity index is 2.11. The molecule has 15 heavy (non-hydrogen) atoms. The molecule has 0 atom stereocenters. The molecule has 76 valence electrons. The van der Waals surface area contributed by atoms with Gasteiger partial charge in [0.25, 0.3) is 0 Å². The Morgan fingerprint density at radius 2 is 2.07 bits per heavy atom. The maximum atomic E-state index is 4.03. The molecule has 3 nitrogen and oxygen atoms in total. The molecule has 1 aromatic heterocycles. The minimum Gasteiger partial charge on any atom is -0.249 e. The third-order valence-electron chi connectivity index (χ3n) is 2.07. The fraction of sp³-hybridized carbons (Fsp3) is 0.0909. The smallest absolute Gasteiger partial charge is 0.137 e. The van der Waals surface area contributed by atoms with Gasteiger partial charge in [-0.25, -0.2) is 9.67 Å². The van der Waals surface area contributed by atoms with Crippen molar-refractivity contribution in [2.24, 2.45) is 0 Å². The van der Waals surface area contributed by atoms with Crippen LogP contribution in [-0.2, 0) is 6.54 Å². The van der Waals surface area contributed by atoms with Gasteiger partial charge in [-0.15, -0.1) is 0 Å². The molecule has 0 bridgehead atoms. The van der Waals surface area contributed by atoms with E-state index in [2.05, 4.69) is 32.6 Å². The zero-order valence-electron chi connectivity index (χ0n) is 8.10. The molecule has 1 heterocycles. The fourth-order valence-electron chi connectivity index (χ4n) is 1.29. The Hall–Kier alpha value is -1.42. The Morgan fingerprint density at radius 3 is 2.67 bits per heavy atom. The maximum absolute atomic E-state index is 4.03. The summed E-state index contributed by atoms with van der Waals surface area (Å²) in [7, 11) is 0. The second-order valence-electron chi connectivity index (χ2n) is 3.20. The third-order valence-corrected chi connectivity index (χ3v) is 2.60. The highest BCUT2D eigenvalue weighted by molar-refractivity contribution is 9.10. The van der Waals surface area contributed by atoms with Gasteiger partial charge in [-0.05, 0) is 23.3 Å². The molecule has 0 radical (unpaired) electrons. The van der Waals surface area contributed by atoms with Crippen molar-refractivity contribution in [3.8, 4) is 0 Å². The molecule has 0 aliphatic rings. The topological polar surface area (TPSA) is 30.7 Å². The van der Waals surface area contributed by atoms with Gasteiger partial charge in [0.1, 0.15) is 12.7 Å². The second kappa shape index (κ2) is 4.40. The number of allylic oxidation sites excluding steroid dienone is 1. The Morgan fingerprint density at radius 1 is 1.33 bits per heavy atom. The van der Waals surface area contributed by atoms with E-state index in [0.717, 1.165) is 15.6 Å². The highest BCUT2D eigenvalue weighted by Gasteiger charge is 2.00. The number of rotatable bonds is 3. The lowest BCUT2D eigenvalue weighted by Gasteiger charge is -2.05. The third kappa shape index (κ3) is 2.53. The molecule has 0 aliphatic heterocycles. The molecule has 0 amide bonds. The summed E-state index contributed by atoms with van der Waals surface area (Å²) in [5, 5.41) is 4.03. The first kappa shape index (κ1) is 10.1. The average Bonchev–Trinajstić information content (AvgIpc) is 2.71. The van der Waals surface area contributed by atoms with Crippen LogP contribution in [0.1, 0.15) is 5.56 Å². The van der Waals surface area contributed by atoms with Crippen molar-refractivity contribution in [3.05, 3.63) is 53.5 Å². The monoisotopic (exact) mass is 263 g/mol. The number of benzene rings is 1. The van der Waals surface area contributed by atoms with Gasteiger partial charge in [-0.1, -0.05) is 34.6 Å². The minimum absolute atomic E-state index is 0.668. The van der Waals surface area contributed by atoms with E-state index in [4.69, 9.17) is 0 Å². The predicted molar refractivity (Wildman–Crippen MR) is 63.2 cm³/mol. The van der Waals surface area contributed by atoms with E-state index in [1.54, 1.807) is 11.0 Å². The summed E-state index contributed by atoms with van der Waals surface area (Å²) >= 11 is 3.40. The summed E-state index contributed by atoms with van der Waals surface area (Å²) in [5.74, 6) is 0.